The van der Waals surface area contributed by atoms with Gasteiger partial charge in [-0.2, -0.15) is 0 Å². The largest absolute Gasteiger partial charge is 0.419 e. The number of fused-ring (bicyclic) bond motifs is 1. The number of amides is 1. The highest BCUT2D eigenvalue weighted by Gasteiger charge is 2.23. The van der Waals surface area contributed by atoms with Gasteiger partial charge in [-0.15, -0.1) is 10.2 Å². The van der Waals surface area contributed by atoms with Crippen molar-refractivity contribution in [3.05, 3.63) is 36.2 Å². The van der Waals surface area contributed by atoms with Crippen LogP contribution in [0.4, 0.5) is 0 Å². The molecular formula is C20H26N4O2. The smallest absolute Gasteiger partial charge is 0.264 e. The van der Waals surface area contributed by atoms with Gasteiger partial charge in [0, 0.05) is 29.4 Å². The molecule has 0 aliphatic heterocycles. The van der Waals surface area contributed by atoms with Crippen molar-refractivity contribution in [2.45, 2.75) is 59.7 Å². The maximum atomic E-state index is 13.0. The topological polar surface area (TPSA) is 64.2 Å². The van der Waals surface area contributed by atoms with Crippen molar-refractivity contribution in [1.29, 1.82) is 0 Å². The van der Waals surface area contributed by atoms with E-state index in [0.29, 0.717) is 18.2 Å². The molecule has 6 nitrogen and oxygen atoms in total. The average molecular weight is 354 g/mol. The first kappa shape index (κ1) is 18.2. The van der Waals surface area contributed by atoms with Gasteiger partial charge in [-0.1, -0.05) is 25.1 Å². The van der Waals surface area contributed by atoms with Crippen molar-refractivity contribution in [1.82, 2.24) is 19.7 Å². The zero-order valence-corrected chi connectivity index (χ0v) is 16.1. The minimum atomic E-state index is 0.0767. The van der Waals surface area contributed by atoms with Crippen LogP contribution in [-0.2, 0) is 17.8 Å². The summed E-state index contributed by atoms with van der Waals surface area (Å²) in [5, 5.41) is 9.29. The van der Waals surface area contributed by atoms with Crippen molar-refractivity contribution in [3.8, 4) is 11.6 Å². The molecule has 0 aliphatic carbocycles. The van der Waals surface area contributed by atoms with Gasteiger partial charge < -0.3 is 13.9 Å². The second-order valence-corrected chi connectivity index (χ2v) is 7.02. The average Bonchev–Trinajstić information content (AvgIpc) is 3.19. The van der Waals surface area contributed by atoms with E-state index in [1.165, 1.54) is 0 Å². The van der Waals surface area contributed by atoms with Crippen molar-refractivity contribution >= 4 is 16.8 Å². The Morgan fingerprint density at radius 3 is 2.46 bits per heavy atom. The third-order valence-electron chi connectivity index (χ3n) is 4.49. The second kappa shape index (κ2) is 7.32. The molecule has 2 aromatic heterocycles. The Bertz CT molecular complexity index is 900. The van der Waals surface area contributed by atoms with Gasteiger partial charge in [0.2, 0.25) is 11.8 Å². The highest BCUT2D eigenvalue weighted by molar-refractivity contribution is 5.88. The summed E-state index contributed by atoms with van der Waals surface area (Å²) in [6.07, 6.45) is 0.681. The van der Waals surface area contributed by atoms with E-state index in [4.69, 9.17) is 4.42 Å². The van der Waals surface area contributed by atoms with E-state index < -0.39 is 0 Å². The summed E-state index contributed by atoms with van der Waals surface area (Å²) in [6.45, 7) is 10.4. The Morgan fingerprint density at radius 1 is 1.15 bits per heavy atom. The minimum Gasteiger partial charge on any atom is -0.419 e. The molecule has 0 bridgehead atoms. The number of rotatable bonds is 6. The molecule has 0 fully saturated rings. The van der Waals surface area contributed by atoms with E-state index in [2.05, 4.69) is 10.2 Å². The number of carbonyl (C=O) groups excluding carboxylic acids is 1. The summed E-state index contributed by atoms with van der Waals surface area (Å²) in [7, 11) is 0. The number of carbonyl (C=O) groups is 1. The summed E-state index contributed by atoms with van der Waals surface area (Å²) in [5.41, 5.74) is 1.76. The van der Waals surface area contributed by atoms with Crippen LogP contribution >= 0.6 is 0 Å². The Morgan fingerprint density at radius 2 is 1.85 bits per heavy atom. The maximum absolute atomic E-state index is 13.0. The fourth-order valence-corrected chi connectivity index (χ4v) is 3.45. The molecule has 0 atom stereocenters. The molecule has 0 saturated carbocycles. The van der Waals surface area contributed by atoms with Gasteiger partial charge in [-0.05, 0) is 39.8 Å². The normalized spacial score (nSPS) is 11.7. The molecule has 0 radical (unpaired) electrons. The van der Waals surface area contributed by atoms with E-state index in [1.807, 2.05) is 74.4 Å². The van der Waals surface area contributed by atoms with Crippen LogP contribution in [0.25, 0.3) is 22.5 Å². The molecule has 0 N–H and O–H groups in total. The number of nitrogens with zero attached hydrogens (tertiary/aromatic N) is 4. The molecule has 2 heterocycles. The Labute approximate surface area is 153 Å². The Balaban J connectivity index is 2.06. The number of hydrogen-bond acceptors (Lipinski definition) is 4. The van der Waals surface area contributed by atoms with E-state index in [-0.39, 0.29) is 24.5 Å². The summed E-state index contributed by atoms with van der Waals surface area (Å²) in [4.78, 5) is 14.9. The summed E-state index contributed by atoms with van der Waals surface area (Å²) in [5.74, 6) is 1.12. The molecule has 138 valence electrons. The zero-order valence-electron chi connectivity index (χ0n) is 16.1. The van der Waals surface area contributed by atoms with Gasteiger partial charge in [-0.3, -0.25) is 4.79 Å². The molecule has 0 aliphatic rings. The first-order valence-electron chi connectivity index (χ1n) is 9.14. The highest BCUT2D eigenvalue weighted by Crippen LogP contribution is 2.28. The predicted octanol–water partition coefficient (Wildman–Crippen LogP) is 3.90. The van der Waals surface area contributed by atoms with E-state index >= 15 is 0 Å². The molecule has 6 heteroatoms. The fourth-order valence-electron chi connectivity index (χ4n) is 3.45. The number of hydrogen-bond donors (Lipinski definition) is 0. The van der Waals surface area contributed by atoms with E-state index in [9.17, 15) is 4.79 Å². The standard InChI is InChI=1S/C20H26N4O2/c1-6-18-21-22-20(26-18)17-11-15-9-7-8-10-16(15)23(17)12-19(25)24(13(2)3)14(4)5/h7-11,13-14H,6,12H2,1-5H3. The van der Waals surface area contributed by atoms with Crippen molar-refractivity contribution in [3.63, 3.8) is 0 Å². The van der Waals surface area contributed by atoms with Crippen molar-refractivity contribution in [2.75, 3.05) is 0 Å². The lowest BCUT2D eigenvalue weighted by Crippen LogP contribution is -2.43. The number of benzene rings is 1. The molecule has 0 unspecified atom stereocenters. The second-order valence-electron chi connectivity index (χ2n) is 7.02. The fraction of sp³-hybridized carbons (Fsp3) is 0.450. The SMILES string of the molecule is CCc1nnc(-c2cc3ccccc3n2CC(=O)N(C(C)C)C(C)C)o1. The first-order valence-corrected chi connectivity index (χ1v) is 9.14. The zero-order chi connectivity index (χ0) is 18.8. The van der Waals surface area contributed by atoms with Crippen LogP contribution in [0.2, 0.25) is 0 Å². The van der Waals surface area contributed by atoms with Crippen LogP contribution in [0.5, 0.6) is 0 Å². The van der Waals surface area contributed by atoms with Crippen molar-refractivity contribution in [2.24, 2.45) is 0 Å². The molecule has 1 aromatic carbocycles. The summed E-state index contributed by atoms with van der Waals surface area (Å²) < 4.78 is 7.73. The van der Waals surface area contributed by atoms with Crippen LogP contribution in [0.1, 0.15) is 40.5 Å². The van der Waals surface area contributed by atoms with Gasteiger partial charge in [0.25, 0.3) is 5.89 Å². The molecular weight excluding hydrogens is 328 g/mol. The predicted molar refractivity (Wildman–Crippen MR) is 102 cm³/mol. The monoisotopic (exact) mass is 354 g/mol. The number of aromatic nitrogens is 3. The maximum Gasteiger partial charge on any atom is 0.264 e. The Hall–Kier alpha value is -2.63. The van der Waals surface area contributed by atoms with E-state index in [0.717, 1.165) is 16.6 Å². The minimum absolute atomic E-state index is 0.0767. The van der Waals surface area contributed by atoms with Crippen LogP contribution < -0.4 is 0 Å². The summed E-state index contributed by atoms with van der Waals surface area (Å²) >= 11 is 0. The number of aryl methyl sites for hydroxylation is 1. The number of para-hydroxylation sites is 1. The van der Waals surface area contributed by atoms with E-state index in [1.54, 1.807) is 0 Å². The molecule has 1 amide bonds. The van der Waals surface area contributed by atoms with Gasteiger partial charge in [0.05, 0.1) is 0 Å². The van der Waals surface area contributed by atoms with Crippen LogP contribution in [0.3, 0.4) is 0 Å². The van der Waals surface area contributed by atoms with Crippen LogP contribution in [0.15, 0.2) is 34.7 Å². The van der Waals surface area contributed by atoms with Crippen LogP contribution in [-0.4, -0.2) is 37.7 Å². The highest BCUT2D eigenvalue weighted by atomic mass is 16.4. The molecule has 0 saturated heterocycles. The lowest BCUT2D eigenvalue weighted by molar-refractivity contribution is -0.135. The molecule has 26 heavy (non-hydrogen) atoms. The quantitative estimate of drug-likeness (QED) is 0.673. The third-order valence-corrected chi connectivity index (χ3v) is 4.49. The summed E-state index contributed by atoms with van der Waals surface area (Å²) in [6, 6.07) is 10.3. The first-order chi connectivity index (χ1) is 12.4. The van der Waals surface area contributed by atoms with Crippen LogP contribution in [0, 0.1) is 0 Å². The van der Waals surface area contributed by atoms with Gasteiger partial charge in [-0.25, -0.2) is 0 Å². The van der Waals surface area contributed by atoms with Gasteiger partial charge in [0.1, 0.15) is 12.2 Å². The molecule has 3 rings (SSSR count). The third kappa shape index (κ3) is 3.36. The van der Waals surface area contributed by atoms with Gasteiger partial charge in [0.15, 0.2) is 0 Å². The van der Waals surface area contributed by atoms with Crippen molar-refractivity contribution < 1.29 is 9.21 Å². The molecule has 0 spiro atoms. The lowest BCUT2D eigenvalue weighted by Gasteiger charge is -2.31. The molecule has 3 aromatic rings. The Kier molecular flexibility index (Phi) is 5.11. The van der Waals surface area contributed by atoms with Gasteiger partial charge >= 0.3 is 0 Å². The lowest BCUT2D eigenvalue weighted by atomic mass is 10.2.